The molecule has 5 nitrogen and oxygen atoms in total. The molecule has 0 unspecified atom stereocenters. The van der Waals surface area contributed by atoms with E-state index in [0.29, 0.717) is 39.0 Å². The zero-order valence-corrected chi connectivity index (χ0v) is 16.8. The highest BCUT2D eigenvalue weighted by Crippen LogP contribution is 2.33. The van der Waals surface area contributed by atoms with Crippen LogP contribution in [0.3, 0.4) is 0 Å². The van der Waals surface area contributed by atoms with Crippen LogP contribution in [0.2, 0.25) is 0 Å². The average Bonchev–Trinajstić information content (AvgIpc) is 3.19. The number of benzene rings is 2. The summed E-state index contributed by atoms with van der Waals surface area (Å²) in [5, 5.41) is 12.2. The van der Waals surface area contributed by atoms with E-state index in [0.717, 1.165) is 12.1 Å². The van der Waals surface area contributed by atoms with Gasteiger partial charge in [-0.05, 0) is 35.4 Å². The van der Waals surface area contributed by atoms with Crippen LogP contribution in [0.4, 0.5) is 13.2 Å². The molecule has 0 saturated heterocycles. The van der Waals surface area contributed by atoms with Gasteiger partial charge in [-0.2, -0.15) is 13.2 Å². The largest absolute Gasteiger partial charge is 0.460 e. The van der Waals surface area contributed by atoms with Gasteiger partial charge in [-0.1, -0.05) is 30.3 Å². The summed E-state index contributed by atoms with van der Waals surface area (Å²) in [6.45, 7) is -0.00695. The molecule has 0 spiro atoms. The second-order valence-electron chi connectivity index (χ2n) is 7.25. The summed E-state index contributed by atoms with van der Waals surface area (Å²) in [5.74, 6) is 0.191. The van der Waals surface area contributed by atoms with Gasteiger partial charge in [0, 0.05) is 41.9 Å². The fraction of sp³-hybridized carbons (Fsp3) is 0.167. The van der Waals surface area contributed by atoms with Crippen LogP contribution in [0.1, 0.15) is 27.2 Å². The highest BCUT2D eigenvalue weighted by atomic mass is 19.4. The van der Waals surface area contributed by atoms with Gasteiger partial charge in [0.05, 0.1) is 12.2 Å². The van der Waals surface area contributed by atoms with Gasteiger partial charge in [-0.25, -0.2) is 0 Å². The molecule has 0 bridgehead atoms. The summed E-state index contributed by atoms with van der Waals surface area (Å²) in [7, 11) is 0. The Bertz CT molecular complexity index is 1260. The number of nitrogens with one attached hydrogen (secondary N) is 1. The molecule has 0 saturated carbocycles. The lowest BCUT2D eigenvalue weighted by molar-refractivity contribution is -0.137. The maximum atomic E-state index is 13.0. The van der Waals surface area contributed by atoms with Crippen LogP contribution in [0.5, 0.6) is 0 Å². The van der Waals surface area contributed by atoms with Crippen LogP contribution in [0.15, 0.2) is 71.4 Å². The number of carbonyl (C=O) groups is 1. The molecule has 164 valence electrons. The van der Waals surface area contributed by atoms with Crippen LogP contribution in [0, 0.1) is 0 Å². The van der Waals surface area contributed by atoms with Crippen molar-refractivity contribution in [3.05, 3.63) is 89.4 Å². The molecule has 0 atom stereocenters. The number of halogens is 3. The number of alkyl halides is 3. The van der Waals surface area contributed by atoms with Crippen LogP contribution in [-0.2, 0) is 12.6 Å². The Hall–Kier alpha value is -3.65. The number of aliphatic hydroxyl groups is 1. The Labute approximate surface area is 181 Å². The van der Waals surface area contributed by atoms with Crippen molar-refractivity contribution in [1.29, 1.82) is 0 Å². The van der Waals surface area contributed by atoms with Gasteiger partial charge < -0.3 is 14.8 Å². The van der Waals surface area contributed by atoms with E-state index in [1.54, 1.807) is 42.7 Å². The number of hydrogen-bond donors (Lipinski definition) is 2. The van der Waals surface area contributed by atoms with Crippen molar-refractivity contribution in [3.63, 3.8) is 0 Å². The maximum Gasteiger partial charge on any atom is 0.416 e. The smallest absolute Gasteiger partial charge is 0.416 e. The second kappa shape index (κ2) is 8.84. The first-order chi connectivity index (χ1) is 15.3. The predicted molar refractivity (Wildman–Crippen MR) is 113 cm³/mol. The zero-order valence-electron chi connectivity index (χ0n) is 16.8. The number of aromatic nitrogens is 1. The molecular weight excluding hydrogens is 421 g/mol. The number of fused-ring (bicyclic) bond motifs is 1. The molecule has 8 heteroatoms. The van der Waals surface area contributed by atoms with E-state index in [2.05, 4.69) is 10.3 Å². The van der Waals surface area contributed by atoms with Gasteiger partial charge in [0.1, 0.15) is 11.3 Å². The SMILES string of the molecule is O=C(NCCO)c1cccc(-c2cncc3cc(Cc4cccc(C(F)(F)F)c4)oc23)c1. The predicted octanol–water partition coefficient (Wildman–Crippen LogP) is 4.83. The van der Waals surface area contributed by atoms with Gasteiger partial charge in [-0.15, -0.1) is 0 Å². The molecule has 4 aromatic rings. The number of pyridine rings is 1. The lowest BCUT2D eigenvalue weighted by Crippen LogP contribution is -2.26. The maximum absolute atomic E-state index is 13.0. The highest BCUT2D eigenvalue weighted by molar-refractivity contribution is 5.97. The van der Waals surface area contributed by atoms with Gasteiger partial charge in [0.15, 0.2) is 0 Å². The molecule has 32 heavy (non-hydrogen) atoms. The number of hydrogen-bond acceptors (Lipinski definition) is 4. The molecule has 1 amide bonds. The molecule has 2 heterocycles. The van der Waals surface area contributed by atoms with Crippen LogP contribution in [-0.4, -0.2) is 29.1 Å². The molecule has 4 rings (SSSR count). The van der Waals surface area contributed by atoms with E-state index >= 15 is 0 Å². The summed E-state index contributed by atoms with van der Waals surface area (Å²) in [6, 6.07) is 13.8. The lowest BCUT2D eigenvalue weighted by atomic mass is 10.0. The summed E-state index contributed by atoms with van der Waals surface area (Å²) >= 11 is 0. The standard InChI is InChI=1S/C24H19F3N2O3/c25-24(26,27)19-6-1-3-15(9-19)10-20-12-18-13-28-14-21(22(18)32-20)16-4-2-5-17(11-16)23(31)29-7-8-30/h1-6,9,11-14,30H,7-8,10H2,(H,29,31). The van der Waals surface area contributed by atoms with E-state index in [4.69, 9.17) is 9.52 Å². The molecule has 2 aromatic carbocycles. The first kappa shape index (κ1) is 21.6. The van der Waals surface area contributed by atoms with E-state index in [1.165, 1.54) is 6.07 Å². The van der Waals surface area contributed by atoms with E-state index < -0.39 is 11.7 Å². The van der Waals surface area contributed by atoms with Crippen LogP contribution >= 0.6 is 0 Å². The highest BCUT2D eigenvalue weighted by Gasteiger charge is 2.30. The minimum atomic E-state index is -4.41. The minimum Gasteiger partial charge on any atom is -0.460 e. The normalized spacial score (nSPS) is 11.6. The minimum absolute atomic E-state index is 0.150. The molecule has 2 aromatic heterocycles. The van der Waals surface area contributed by atoms with Crippen LogP contribution < -0.4 is 5.32 Å². The van der Waals surface area contributed by atoms with Crippen molar-refractivity contribution in [2.75, 3.05) is 13.2 Å². The van der Waals surface area contributed by atoms with Crippen molar-refractivity contribution in [3.8, 4) is 11.1 Å². The number of carbonyl (C=O) groups excluding carboxylic acids is 1. The Kier molecular flexibility index (Phi) is 5.96. The van der Waals surface area contributed by atoms with Gasteiger partial charge in [-0.3, -0.25) is 9.78 Å². The third-order valence-corrected chi connectivity index (χ3v) is 4.94. The van der Waals surface area contributed by atoms with E-state index in [1.807, 2.05) is 6.07 Å². The zero-order chi connectivity index (χ0) is 22.7. The number of nitrogens with zero attached hydrogens (tertiary/aromatic N) is 1. The first-order valence-corrected chi connectivity index (χ1v) is 9.87. The molecule has 0 aliphatic heterocycles. The summed E-state index contributed by atoms with van der Waals surface area (Å²) < 4.78 is 45.0. The quantitative estimate of drug-likeness (QED) is 0.451. The number of amides is 1. The Morgan fingerprint density at radius 2 is 1.88 bits per heavy atom. The fourth-order valence-corrected chi connectivity index (χ4v) is 3.47. The Morgan fingerprint density at radius 3 is 2.66 bits per heavy atom. The van der Waals surface area contributed by atoms with Crippen molar-refractivity contribution < 1.29 is 27.5 Å². The van der Waals surface area contributed by atoms with Gasteiger partial charge >= 0.3 is 6.18 Å². The number of aliphatic hydroxyl groups excluding tert-OH is 1. The van der Waals surface area contributed by atoms with Crippen molar-refractivity contribution in [1.82, 2.24) is 10.3 Å². The molecule has 0 radical (unpaired) electrons. The third kappa shape index (κ3) is 4.65. The van der Waals surface area contributed by atoms with Crippen molar-refractivity contribution >= 4 is 16.9 Å². The van der Waals surface area contributed by atoms with Gasteiger partial charge in [0.25, 0.3) is 5.91 Å². The van der Waals surface area contributed by atoms with Crippen LogP contribution in [0.25, 0.3) is 22.1 Å². The van der Waals surface area contributed by atoms with E-state index in [9.17, 15) is 18.0 Å². The van der Waals surface area contributed by atoms with Crippen molar-refractivity contribution in [2.24, 2.45) is 0 Å². The molecular formula is C24H19F3N2O3. The third-order valence-electron chi connectivity index (χ3n) is 4.94. The van der Waals surface area contributed by atoms with Crippen molar-refractivity contribution in [2.45, 2.75) is 12.6 Å². The summed E-state index contributed by atoms with van der Waals surface area (Å²) in [4.78, 5) is 16.5. The van der Waals surface area contributed by atoms with E-state index in [-0.39, 0.29) is 25.5 Å². The summed E-state index contributed by atoms with van der Waals surface area (Å²) in [6.07, 6.45) is -0.975. The topological polar surface area (TPSA) is 75.4 Å². The molecule has 0 aliphatic rings. The number of rotatable bonds is 6. The second-order valence-corrected chi connectivity index (χ2v) is 7.25. The summed E-state index contributed by atoms with van der Waals surface area (Å²) in [5.41, 5.74) is 2.11. The average molecular weight is 440 g/mol. The monoisotopic (exact) mass is 440 g/mol. The number of furan rings is 1. The molecule has 2 N–H and O–H groups in total. The fourth-order valence-electron chi connectivity index (χ4n) is 3.47. The van der Waals surface area contributed by atoms with Gasteiger partial charge in [0.2, 0.25) is 0 Å². The lowest BCUT2D eigenvalue weighted by Gasteiger charge is -2.08. The molecule has 0 fully saturated rings. The Morgan fingerprint density at radius 1 is 1.06 bits per heavy atom. The first-order valence-electron chi connectivity index (χ1n) is 9.87. The Balaban J connectivity index is 1.66. The molecule has 0 aliphatic carbocycles.